The number of amides is 1. The molecule has 0 aliphatic heterocycles. The summed E-state index contributed by atoms with van der Waals surface area (Å²) >= 11 is 0. The SMILES string of the molecule is CN(CC(=O)OC1CC1)C(=O)Oc1ccc([N+](=O)[O-])c2cccnc12. The zero-order valence-electron chi connectivity index (χ0n) is 13.4. The molecule has 2 aromatic rings. The number of esters is 1. The molecule has 0 atom stereocenters. The summed E-state index contributed by atoms with van der Waals surface area (Å²) in [6.07, 6.45) is 2.31. The minimum Gasteiger partial charge on any atom is -0.461 e. The van der Waals surface area contributed by atoms with Crippen molar-refractivity contribution in [3.05, 3.63) is 40.6 Å². The lowest BCUT2D eigenvalue weighted by atomic mass is 10.1. The first-order chi connectivity index (χ1) is 12.0. The van der Waals surface area contributed by atoms with Crippen molar-refractivity contribution in [1.82, 2.24) is 9.88 Å². The fourth-order valence-electron chi connectivity index (χ4n) is 2.21. The number of nitro benzene ring substituents is 1. The van der Waals surface area contributed by atoms with E-state index in [0.29, 0.717) is 0 Å². The number of benzene rings is 1. The van der Waals surface area contributed by atoms with Crippen LogP contribution < -0.4 is 4.74 Å². The molecule has 0 radical (unpaired) electrons. The van der Waals surface area contributed by atoms with Crippen LogP contribution in [0, 0.1) is 10.1 Å². The Kier molecular flexibility index (Phi) is 4.46. The zero-order valence-corrected chi connectivity index (χ0v) is 13.4. The first kappa shape index (κ1) is 16.6. The van der Waals surface area contributed by atoms with Crippen LogP contribution in [0.1, 0.15) is 12.8 Å². The van der Waals surface area contributed by atoms with Gasteiger partial charge >= 0.3 is 12.1 Å². The maximum absolute atomic E-state index is 12.1. The molecule has 1 heterocycles. The third-order valence-corrected chi connectivity index (χ3v) is 3.60. The minimum absolute atomic E-state index is 0.0419. The molecule has 0 unspecified atom stereocenters. The van der Waals surface area contributed by atoms with E-state index in [1.54, 1.807) is 6.07 Å². The third kappa shape index (κ3) is 3.82. The molecule has 1 aromatic heterocycles. The summed E-state index contributed by atoms with van der Waals surface area (Å²) in [7, 11) is 1.40. The van der Waals surface area contributed by atoms with Gasteiger partial charge in [0.1, 0.15) is 18.2 Å². The topological polar surface area (TPSA) is 112 Å². The lowest BCUT2D eigenvalue weighted by Gasteiger charge is -2.16. The van der Waals surface area contributed by atoms with Crippen LogP contribution in [0.4, 0.5) is 10.5 Å². The Bertz CT molecular complexity index is 849. The molecule has 1 saturated carbocycles. The average Bonchev–Trinajstić information content (AvgIpc) is 3.38. The van der Waals surface area contributed by atoms with E-state index in [4.69, 9.17) is 9.47 Å². The second-order valence-corrected chi connectivity index (χ2v) is 5.65. The highest BCUT2D eigenvalue weighted by molar-refractivity contribution is 5.93. The Balaban J connectivity index is 1.75. The minimum atomic E-state index is -0.784. The van der Waals surface area contributed by atoms with Gasteiger partial charge in [-0.15, -0.1) is 0 Å². The molecule has 1 fully saturated rings. The summed E-state index contributed by atoms with van der Waals surface area (Å²) in [4.78, 5) is 39.5. The van der Waals surface area contributed by atoms with Crippen LogP contribution in [-0.4, -0.2) is 46.6 Å². The Morgan fingerprint density at radius 2 is 2.12 bits per heavy atom. The van der Waals surface area contributed by atoms with Crippen molar-refractivity contribution in [3.63, 3.8) is 0 Å². The van der Waals surface area contributed by atoms with Crippen molar-refractivity contribution in [2.24, 2.45) is 0 Å². The van der Waals surface area contributed by atoms with Crippen LogP contribution in [0.2, 0.25) is 0 Å². The van der Waals surface area contributed by atoms with Gasteiger partial charge in [0.25, 0.3) is 5.69 Å². The number of hydrogen-bond donors (Lipinski definition) is 0. The number of nitro groups is 1. The molecule has 9 nitrogen and oxygen atoms in total. The Hall–Kier alpha value is -3.23. The first-order valence-electron chi connectivity index (χ1n) is 7.60. The summed E-state index contributed by atoms with van der Waals surface area (Å²) in [6, 6.07) is 5.63. The average molecular weight is 345 g/mol. The van der Waals surface area contributed by atoms with Crippen molar-refractivity contribution in [2.45, 2.75) is 18.9 Å². The van der Waals surface area contributed by atoms with Gasteiger partial charge in [0.2, 0.25) is 0 Å². The van der Waals surface area contributed by atoms with E-state index in [9.17, 15) is 19.7 Å². The maximum atomic E-state index is 12.1. The smallest absolute Gasteiger partial charge is 0.415 e. The van der Waals surface area contributed by atoms with E-state index in [1.807, 2.05) is 0 Å². The van der Waals surface area contributed by atoms with Gasteiger partial charge in [-0.2, -0.15) is 0 Å². The molecule has 0 saturated heterocycles. The number of pyridine rings is 1. The number of likely N-dealkylation sites (N-methyl/N-ethyl adjacent to an activating group) is 1. The number of fused-ring (bicyclic) bond motifs is 1. The number of nitrogens with zero attached hydrogens (tertiary/aromatic N) is 3. The van der Waals surface area contributed by atoms with E-state index in [0.717, 1.165) is 17.7 Å². The zero-order chi connectivity index (χ0) is 18.0. The second-order valence-electron chi connectivity index (χ2n) is 5.65. The molecule has 25 heavy (non-hydrogen) atoms. The Morgan fingerprint density at radius 1 is 1.36 bits per heavy atom. The quantitative estimate of drug-likeness (QED) is 0.464. The number of non-ortho nitro benzene ring substituents is 1. The van der Waals surface area contributed by atoms with Gasteiger partial charge in [-0.05, 0) is 31.0 Å². The number of rotatable bonds is 5. The summed E-state index contributed by atoms with van der Waals surface area (Å²) in [5, 5.41) is 11.3. The summed E-state index contributed by atoms with van der Waals surface area (Å²) in [6.45, 7) is -0.242. The van der Waals surface area contributed by atoms with Gasteiger partial charge in [0.15, 0.2) is 5.75 Å². The lowest BCUT2D eigenvalue weighted by Crippen LogP contribution is -2.35. The van der Waals surface area contributed by atoms with Crippen molar-refractivity contribution in [1.29, 1.82) is 0 Å². The number of carbonyl (C=O) groups excluding carboxylic acids is 2. The fraction of sp³-hybridized carbons (Fsp3) is 0.312. The van der Waals surface area contributed by atoms with Crippen LogP contribution in [0.3, 0.4) is 0 Å². The number of carbonyl (C=O) groups is 2. The van der Waals surface area contributed by atoms with Crippen molar-refractivity contribution >= 4 is 28.7 Å². The van der Waals surface area contributed by atoms with Gasteiger partial charge in [-0.3, -0.25) is 24.8 Å². The van der Waals surface area contributed by atoms with Gasteiger partial charge in [0, 0.05) is 19.3 Å². The predicted molar refractivity (Wildman–Crippen MR) is 86.2 cm³/mol. The summed E-state index contributed by atoms with van der Waals surface area (Å²) in [5.74, 6) is -0.428. The van der Waals surface area contributed by atoms with Crippen molar-refractivity contribution in [2.75, 3.05) is 13.6 Å². The van der Waals surface area contributed by atoms with E-state index < -0.39 is 17.0 Å². The number of hydrogen-bond acceptors (Lipinski definition) is 7. The molecule has 0 bridgehead atoms. The molecule has 0 spiro atoms. The van der Waals surface area contributed by atoms with E-state index in [2.05, 4.69) is 4.98 Å². The molecule has 1 aliphatic rings. The van der Waals surface area contributed by atoms with Crippen molar-refractivity contribution in [3.8, 4) is 5.75 Å². The highest BCUT2D eigenvalue weighted by Crippen LogP contribution is 2.31. The number of ether oxygens (including phenoxy) is 2. The van der Waals surface area contributed by atoms with Crippen LogP contribution in [-0.2, 0) is 9.53 Å². The van der Waals surface area contributed by atoms with E-state index >= 15 is 0 Å². The van der Waals surface area contributed by atoms with Gasteiger partial charge < -0.3 is 9.47 Å². The largest absolute Gasteiger partial charge is 0.461 e. The van der Waals surface area contributed by atoms with Crippen LogP contribution >= 0.6 is 0 Å². The highest BCUT2D eigenvalue weighted by atomic mass is 16.6. The van der Waals surface area contributed by atoms with Crippen LogP contribution in [0.25, 0.3) is 10.9 Å². The standard InChI is InChI=1S/C16H15N3O6/c1-18(9-14(20)24-10-4-5-10)16(21)25-13-7-6-12(19(22)23)11-3-2-8-17-15(11)13/h2-3,6-8,10H,4-5,9H2,1H3. The first-order valence-corrected chi connectivity index (χ1v) is 7.60. The van der Waals surface area contributed by atoms with E-state index in [-0.39, 0.29) is 35.0 Å². The van der Waals surface area contributed by atoms with Crippen molar-refractivity contribution < 1.29 is 24.0 Å². The molecule has 130 valence electrons. The molecule has 9 heteroatoms. The van der Waals surface area contributed by atoms with Gasteiger partial charge in [-0.25, -0.2) is 4.79 Å². The monoisotopic (exact) mass is 345 g/mol. The predicted octanol–water partition coefficient (Wildman–Crippen LogP) is 2.28. The molecule has 1 amide bonds. The second kappa shape index (κ2) is 6.71. The summed E-state index contributed by atoms with van der Waals surface area (Å²) in [5.41, 5.74) is 0.0586. The summed E-state index contributed by atoms with van der Waals surface area (Å²) < 4.78 is 10.3. The van der Waals surface area contributed by atoms with E-state index in [1.165, 1.54) is 31.4 Å². The fourth-order valence-corrected chi connectivity index (χ4v) is 2.21. The van der Waals surface area contributed by atoms with Crippen LogP contribution in [0.15, 0.2) is 30.5 Å². The molecule has 3 rings (SSSR count). The van der Waals surface area contributed by atoms with Gasteiger partial charge in [0.05, 0.1) is 10.3 Å². The van der Waals surface area contributed by atoms with Crippen LogP contribution in [0.5, 0.6) is 5.75 Å². The number of aromatic nitrogens is 1. The molecule has 0 N–H and O–H groups in total. The Labute approximate surface area is 142 Å². The molecular formula is C16H15N3O6. The lowest BCUT2D eigenvalue weighted by molar-refractivity contribution is -0.383. The van der Waals surface area contributed by atoms with Gasteiger partial charge in [-0.1, -0.05) is 0 Å². The Morgan fingerprint density at radius 3 is 2.80 bits per heavy atom. The molecular weight excluding hydrogens is 330 g/mol. The maximum Gasteiger partial charge on any atom is 0.415 e. The normalized spacial score (nSPS) is 13.3. The molecule has 1 aliphatic carbocycles. The highest BCUT2D eigenvalue weighted by Gasteiger charge is 2.27. The molecule has 1 aromatic carbocycles. The third-order valence-electron chi connectivity index (χ3n) is 3.60.